The van der Waals surface area contributed by atoms with Gasteiger partial charge in [-0.25, -0.2) is 0 Å². The molecule has 0 saturated carbocycles. The molecule has 0 unspecified atom stereocenters. The van der Waals surface area contributed by atoms with Crippen molar-refractivity contribution in [2.45, 2.75) is 65.3 Å². The Hall–Kier alpha value is -2.69. The molecule has 1 amide bonds. The second kappa shape index (κ2) is 9.86. The zero-order valence-corrected chi connectivity index (χ0v) is 15.7. The maximum Gasteiger partial charge on any atom is 0.305 e. The van der Waals surface area contributed by atoms with Gasteiger partial charge in [0.2, 0.25) is 12.2 Å². The minimum absolute atomic E-state index is 0.365. The highest BCUT2D eigenvalue weighted by atomic mass is 16.7. The molecule has 0 aromatic rings. The zero-order chi connectivity index (χ0) is 20.7. The van der Waals surface area contributed by atoms with Gasteiger partial charge in [0, 0.05) is 34.6 Å². The largest absolute Gasteiger partial charge is 0.463 e. The van der Waals surface area contributed by atoms with Gasteiger partial charge in [0.05, 0.1) is 0 Å². The first-order valence-corrected chi connectivity index (χ1v) is 8.08. The number of esters is 4. The summed E-state index contributed by atoms with van der Waals surface area (Å²) < 4.78 is 25.9. The Balaban J connectivity index is 3.29. The second-order valence-electron chi connectivity index (χ2n) is 5.83. The smallest absolute Gasteiger partial charge is 0.305 e. The summed E-state index contributed by atoms with van der Waals surface area (Å²) in [7, 11) is 0. The number of hydrogen-bond donors (Lipinski definition) is 1. The molecule has 0 aliphatic carbocycles. The molecule has 0 spiro atoms. The van der Waals surface area contributed by atoms with Gasteiger partial charge in [-0.3, -0.25) is 24.0 Å². The molecule has 152 valence electrons. The lowest BCUT2D eigenvalue weighted by Gasteiger charge is -2.44. The molecular weight excluding hydrogens is 366 g/mol. The first kappa shape index (κ1) is 22.4. The fraction of sp³-hybridized carbons (Fsp3) is 0.688. The Kier molecular flexibility index (Phi) is 8.16. The van der Waals surface area contributed by atoms with Crippen LogP contribution in [-0.4, -0.2) is 67.0 Å². The van der Waals surface area contributed by atoms with Crippen molar-refractivity contribution < 1.29 is 47.7 Å². The Labute approximate surface area is 155 Å². The quantitative estimate of drug-likeness (QED) is 0.453. The van der Waals surface area contributed by atoms with E-state index in [0.29, 0.717) is 0 Å². The summed E-state index contributed by atoms with van der Waals surface area (Å²) >= 11 is 0. The number of rotatable bonds is 6. The third-order valence-corrected chi connectivity index (χ3v) is 3.35. The molecule has 0 bridgehead atoms. The van der Waals surface area contributed by atoms with Crippen LogP contribution < -0.4 is 5.32 Å². The van der Waals surface area contributed by atoms with Crippen LogP contribution in [0.15, 0.2) is 0 Å². The molecule has 0 aromatic carbocycles. The van der Waals surface area contributed by atoms with Gasteiger partial charge in [-0.05, 0) is 0 Å². The van der Waals surface area contributed by atoms with Crippen molar-refractivity contribution in [2.75, 3.05) is 6.61 Å². The fourth-order valence-electron chi connectivity index (χ4n) is 2.55. The van der Waals surface area contributed by atoms with Crippen LogP contribution in [0.25, 0.3) is 0 Å². The average Bonchev–Trinajstić information content (AvgIpc) is 2.49. The van der Waals surface area contributed by atoms with E-state index in [0.717, 1.165) is 27.7 Å². The van der Waals surface area contributed by atoms with Crippen LogP contribution in [0.1, 0.15) is 34.6 Å². The molecule has 1 rings (SSSR count). The van der Waals surface area contributed by atoms with E-state index in [9.17, 15) is 24.0 Å². The lowest BCUT2D eigenvalue weighted by atomic mass is 9.96. The molecule has 0 radical (unpaired) electrons. The van der Waals surface area contributed by atoms with E-state index in [1.54, 1.807) is 0 Å². The molecular formula is C16H23NO10. The van der Waals surface area contributed by atoms with Gasteiger partial charge in [0.15, 0.2) is 12.2 Å². The summed E-state index contributed by atoms with van der Waals surface area (Å²) in [4.78, 5) is 57.2. The van der Waals surface area contributed by atoms with Gasteiger partial charge in [-0.2, -0.15) is 0 Å². The second-order valence-corrected chi connectivity index (χ2v) is 5.83. The third kappa shape index (κ3) is 7.21. The summed E-state index contributed by atoms with van der Waals surface area (Å²) in [6, 6.07) is -1.16. The Morgan fingerprint density at radius 1 is 0.778 bits per heavy atom. The zero-order valence-electron chi connectivity index (χ0n) is 15.7. The van der Waals surface area contributed by atoms with E-state index < -0.39 is 60.4 Å². The highest BCUT2D eigenvalue weighted by Gasteiger charge is 2.52. The van der Waals surface area contributed by atoms with Gasteiger partial charge >= 0.3 is 23.9 Å². The van der Waals surface area contributed by atoms with Crippen molar-refractivity contribution in [3.8, 4) is 0 Å². The minimum atomic E-state index is -1.37. The van der Waals surface area contributed by atoms with Gasteiger partial charge in [0.25, 0.3) is 0 Å². The van der Waals surface area contributed by atoms with E-state index in [2.05, 4.69) is 5.32 Å². The van der Waals surface area contributed by atoms with Crippen LogP contribution in [0.5, 0.6) is 0 Å². The number of ether oxygens (including phenoxy) is 5. The molecule has 11 nitrogen and oxygen atoms in total. The third-order valence-electron chi connectivity index (χ3n) is 3.35. The van der Waals surface area contributed by atoms with Gasteiger partial charge in [0.1, 0.15) is 18.8 Å². The minimum Gasteiger partial charge on any atom is -0.463 e. The number of amides is 1. The van der Waals surface area contributed by atoms with Gasteiger partial charge in [-0.1, -0.05) is 0 Å². The van der Waals surface area contributed by atoms with Crippen molar-refractivity contribution in [2.24, 2.45) is 0 Å². The normalized spacial score (nSPS) is 27.1. The van der Waals surface area contributed by atoms with Crippen LogP contribution in [0.4, 0.5) is 0 Å². The van der Waals surface area contributed by atoms with Crippen molar-refractivity contribution in [3.05, 3.63) is 0 Å². The molecule has 1 aliphatic heterocycles. The van der Waals surface area contributed by atoms with Crippen molar-refractivity contribution >= 4 is 29.8 Å². The van der Waals surface area contributed by atoms with Crippen LogP contribution in [0.3, 0.4) is 0 Å². The molecule has 0 aromatic heterocycles. The number of hydrogen-bond acceptors (Lipinski definition) is 10. The molecule has 1 fully saturated rings. The summed E-state index contributed by atoms with van der Waals surface area (Å²) in [5, 5.41) is 2.46. The van der Waals surface area contributed by atoms with E-state index >= 15 is 0 Å². The molecule has 1 heterocycles. The summed E-state index contributed by atoms with van der Waals surface area (Å²) in [6.45, 7) is 5.36. The van der Waals surface area contributed by atoms with E-state index in [-0.39, 0.29) is 6.61 Å². The fourth-order valence-corrected chi connectivity index (χ4v) is 2.55. The molecule has 27 heavy (non-hydrogen) atoms. The number of carbonyl (C=O) groups is 5. The predicted molar refractivity (Wildman–Crippen MR) is 85.8 cm³/mol. The standard InChI is InChI=1S/C16H23NO10/c1-7(18)17-13-15(25-10(4)21)14(24-9(3)20)12(6-23-8(2)19)27-16(13)26-11(5)22/h12-16H,6H2,1-5H3,(H,17,18)/t12-,13-,14-,15+,16-/m1/s1. The number of carbonyl (C=O) groups excluding carboxylic acids is 5. The SMILES string of the molecule is CC(=O)N[C@H]1[C@H](OC(C)=O)O[C@H](COC(C)=O)[C@@H](OC(C)=O)[C@H]1OC(C)=O. The molecule has 5 atom stereocenters. The van der Waals surface area contributed by atoms with Crippen molar-refractivity contribution in [3.63, 3.8) is 0 Å². The van der Waals surface area contributed by atoms with Gasteiger partial charge in [-0.15, -0.1) is 0 Å². The van der Waals surface area contributed by atoms with Crippen molar-refractivity contribution in [1.82, 2.24) is 5.32 Å². The topological polar surface area (TPSA) is 144 Å². The Morgan fingerprint density at radius 3 is 1.74 bits per heavy atom. The summed E-state index contributed by atoms with van der Waals surface area (Å²) in [5.41, 5.74) is 0. The molecule has 11 heteroatoms. The van der Waals surface area contributed by atoms with Crippen LogP contribution in [0, 0.1) is 0 Å². The Morgan fingerprint density at radius 2 is 1.30 bits per heavy atom. The van der Waals surface area contributed by atoms with Crippen LogP contribution in [0.2, 0.25) is 0 Å². The predicted octanol–water partition coefficient (Wildman–Crippen LogP) is -0.794. The van der Waals surface area contributed by atoms with Crippen molar-refractivity contribution in [1.29, 1.82) is 0 Å². The molecule has 1 aliphatic rings. The highest BCUT2D eigenvalue weighted by molar-refractivity contribution is 5.74. The Bertz CT molecular complexity index is 604. The monoisotopic (exact) mass is 389 g/mol. The summed E-state index contributed by atoms with van der Waals surface area (Å²) in [6.07, 6.45) is -4.97. The van der Waals surface area contributed by atoms with E-state index in [1.807, 2.05) is 0 Å². The average molecular weight is 389 g/mol. The van der Waals surface area contributed by atoms with E-state index in [1.165, 1.54) is 6.92 Å². The first-order valence-electron chi connectivity index (χ1n) is 8.08. The lowest BCUT2D eigenvalue weighted by molar-refractivity contribution is -0.270. The van der Waals surface area contributed by atoms with Gasteiger partial charge < -0.3 is 29.0 Å². The molecule has 1 saturated heterocycles. The van der Waals surface area contributed by atoms with E-state index in [4.69, 9.17) is 23.7 Å². The number of nitrogens with one attached hydrogen (secondary N) is 1. The maximum absolute atomic E-state index is 11.6. The van der Waals surface area contributed by atoms with Crippen LogP contribution in [-0.2, 0) is 47.7 Å². The molecule has 1 N–H and O–H groups in total. The summed E-state index contributed by atoms with van der Waals surface area (Å²) in [5.74, 6) is -3.34. The lowest BCUT2D eigenvalue weighted by Crippen LogP contribution is -2.66. The maximum atomic E-state index is 11.6. The first-order chi connectivity index (χ1) is 12.5. The highest BCUT2D eigenvalue weighted by Crippen LogP contribution is 2.28. The van der Waals surface area contributed by atoms with Crippen LogP contribution >= 0.6 is 0 Å².